The number of nitrogens with zero attached hydrogens (tertiary/aromatic N) is 1. The van der Waals surface area contributed by atoms with Gasteiger partial charge in [-0.1, -0.05) is 59.7 Å². The van der Waals surface area contributed by atoms with Crippen LogP contribution in [0, 0.1) is 10.8 Å². The van der Waals surface area contributed by atoms with Crippen LogP contribution in [0.3, 0.4) is 0 Å². The second kappa shape index (κ2) is 6.74. The number of hydrogen-bond acceptors (Lipinski definition) is 2. The first-order valence-electron chi connectivity index (χ1n) is 8.42. The minimum Gasteiger partial charge on any atom is -0.340 e. The van der Waals surface area contributed by atoms with Crippen molar-refractivity contribution in [3.63, 3.8) is 0 Å². The number of rotatable bonds is 4. The van der Waals surface area contributed by atoms with Gasteiger partial charge in [0.25, 0.3) is 0 Å². The van der Waals surface area contributed by atoms with Crippen molar-refractivity contribution >= 4 is 11.5 Å². The number of anilines is 2. The third kappa shape index (κ3) is 6.43. The molecular weight excluding hydrogens is 280 g/mol. The Morgan fingerprint density at radius 2 is 1.26 bits per heavy atom. The molecule has 1 heterocycles. The summed E-state index contributed by atoms with van der Waals surface area (Å²) in [5.41, 5.74) is 4.35. The average molecular weight is 310 g/mol. The summed E-state index contributed by atoms with van der Waals surface area (Å²) in [6.45, 7) is 13.5. The minimum absolute atomic E-state index is 0.291. The Kier molecular flexibility index (Phi) is 5.13. The van der Waals surface area contributed by atoms with Crippen molar-refractivity contribution in [2.24, 2.45) is 10.8 Å². The zero-order valence-corrected chi connectivity index (χ0v) is 15.4. The molecular formula is C21H30N2. The van der Waals surface area contributed by atoms with E-state index < -0.39 is 0 Å². The van der Waals surface area contributed by atoms with Gasteiger partial charge in [0.2, 0.25) is 0 Å². The van der Waals surface area contributed by atoms with Crippen LogP contribution in [0.4, 0.5) is 11.5 Å². The van der Waals surface area contributed by atoms with Crippen LogP contribution in [0.25, 0.3) is 0 Å². The largest absolute Gasteiger partial charge is 0.340 e. The van der Waals surface area contributed by atoms with E-state index in [4.69, 9.17) is 0 Å². The summed E-state index contributed by atoms with van der Waals surface area (Å²) in [7, 11) is 0. The maximum Gasteiger partial charge on any atom is 0.130 e. The van der Waals surface area contributed by atoms with E-state index in [-0.39, 0.29) is 0 Å². The Morgan fingerprint density at radius 3 is 1.74 bits per heavy atom. The molecule has 1 aromatic carbocycles. The molecule has 1 aromatic heterocycles. The van der Waals surface area contributed by atoms with E-state index in [1.807, 2.05) is 6.20 Å². The lowest BCUT2D eigenvalue weighted by Crippen LogP contribution is -2.09. The fraction of sp³-hybridized carbons (Fsp3) is 0.476. The number of benzene rings is 1. The molecule has 0 amide bonds. The average Bonchev–Trinajstić information content (AvgIpc) is 2.40. The van der Waals surface area contributed by atoms with Crippen molar-refractivity contribution in [3.05, 3.63) is 53.7 Å². The number of nitrogens with one attached hydrogen (secondary N) is 1. The molecule has 0 bridgehead atoms. The van der Waals surface area contributed by atoms with Crippen LogP contribution in [-0.4, -0.2) is 4.98 Å². The fourth-order valence-electron chi connectivity index (χ4n) is 2.68. The molecule has 0 saturated heterocycles. The second-order valence-electron chi connectivity index (χ2n) is 8.85. The maximum absolute atomic E-state index is 4.53. The number of pyridine rings is 1. The van der Waals surface area contributed by atoms with Gasteiger partial charge in [0, 0.05) is 11.9 Å². The van der Waals surface area contributed by atoms with Crippen molar-refractivity contribution in [1.29, 1.82) is 0 Å². The molecule has 0 fully saturated rings. The third-order valence-corrected chi connectivity index (χ3v) is 3.52. The lowest BCUT2D eigenvalue weighted by molar-refractivity contribution is 0.410. The van der Waals surface area contributed by atoms with Gasteiger partial charge in [0.1, 0.15) is 5.82 Å². The molecule has 124 valence electrons. The van der Waals surface area contributed by atoms with Crippen molar-refractivity contribution < 1.29 is 0 Å². The summed E-state index contributed by atoms with van der Waals surface area (Å²) in [5.74, 6) is 0.895. The molecule has 0 spiro atoms. The molecule has 0 atom stereocenters. The quantitative estimate of drug-likeness (QED) is 0.749. The van der Waals surface area contributed by atoms with Gasteiger partial charge in [0.15, 0.2) is 0 Å². The Bertz CT molecular complexity index is 553. The molecule has 0 saturated carbocycles. The van der Waals surface area contributed by atoms with Gasteiger partial charge in [-0.15, -0.1) is 0 Å². The molecule has 0 aliphatic carbocycles. The standard InChI is InChI=1S/C21H30N2/c1-20(2,3)13-16-7-10-18(11-8-16)23-19-12-9-17(15-22-19)14-21(4,5)6/h7-12,15H,13-14H2,1-6H3,(H,22,23). The van der Waals surface area contributed by atoms with Crippen LogP contribution < -0.4 is 5.32 Å². The van der Waals surface area contributed by atoms with Gasteiger partial charge in [0.05, 0.1) is 0 Å². The highest BCUT2D eigenvalue weighted by Crippen LogP contribution is 2.23. The number of hydrogen-bond donors (Lipinski definition) is 1. The molecule has 0 radical (unpaired) electrons. The summed E-state index contributed by atoms with van der Waals surface area (Å²) in [5, 5.41) is 3.37. The Labute approximate surface area is 141 Å². The Morgan fingerprint density at radius 1 is 0.739 bits per heavy atom. The molecule has 2 rings (SSSR count). The minimum atomic E-state index is 0.291. The third-order valence-electron chi connectivity index (χ3n) is 3.52. The Balaban J connectivity index is 1.99. The summed E-state index contributed by atoms with van der Waals surface area (Å²) < 4.78 is 0. The van der Waals surface area contributed by atoms with Gasteiger partial charge < -0.3 is 5.32 Å². The fourth-order valence-corrected chi connectivity index (χ4v) is 2.68. The van der Waals surface area contributed by atoms with Crippen molar-refractivity contribution in [2.75, 3.05) is 5.32 Å². The van der Waals surface area contributed by atoms with E-state index in [9.17, 15) is 0 Å². The molecule has 2 heteroatoms. The summed E-state index contributed by atoms with van der Waals surface area (Å²) in [4.78, 5) is 4.53. The van der Waals surface area contributed by atoms with E-state index >= 15 is 0 Å². The highest BCUT2D eigenvalue weighted by Gasteiger charge is 2.12. The first-order valence-corrected chi connectivity index (χ1v) is 8.42. The highest BCUT2D eigenvalue weighted by atomic mass is 15.0. The molecule has 0 unspecified atom stereocenters. The van der Waals surface area contributed by atoms with E-state index in [0.29, 0.717) is 10.8 Å². The zero-order chi connectivity index (χ0) is 17.1. The smallest absolute Gasteiger partial charge is 0.130 e. The first kappa shape index (κ1) is 17.5. The monoisotopic (exact) mass is 310 g/mol. The van der Waals surface area contributed by atoms with Crippen LogP contribution in [-0.2, 0) is 12.8 Å². The van der Waals surface area contributed by atoms with Crippen LogP contribution >= 0.6 is 0 Å². The van der Waals surface area contributed by atoms with Crippen molar-refractivity contribution in [1.82, 2.24) is 4.98 Å². The van der Waals surface area contributed by atoms with Crippen LogP contribution in [0.15, 0.2) is 42.6 Å². The Hall–Kier alpha value is -1.83. The molecule has 0 aliphatic heterocycles. The summed E-state index contributed by atoms with van der Waals surface area (Å²) in [6.07, 6.45) is 4.11. The normalized spacial score (nSPS) is 12.3. The van der Waals surface area contributed by atoms with Gasteiger partial charge in [-0.3, -0.25) is 0 Å². The predicted octanol–water partition coefficient (Wildman–Crippen LogP) is 6.00. The first-order chi connectivity index (χ1) is 10.6. The van der Waals surface area contributed by atoms with E-state index in [1.165, 1.54) is 11.1 Å². The van der Waals surface area contributed by atoms with Gasteiger partial charge in [-0.25, -0.2) is 4.98 Å². The summed E-state index contributed by atoms with van der Waals surface area (Å²) >= 11 is 0. The number of aromatic nitrogens is 1. The lowest BCUT2D eigenvalue weighted by atomic mass is 9.88. The van der Waals surface area contributed by atoms with Gasteiger partial charge in [-0.05, 0) is 53.0 Å². The lowest BCUT2D eigenvalue weighted by Gasteiger charge is -2.18. The molecule has 0 aliphatic rings. The molecule has 2 aromatic rings. The van der Waals surface area contributed by atoms with Crippen LogP contribution in [0.1, 0.15) is 52.7 Å². The topological polar surface area (TPSA) is 24.9 Å². The highest BCUT2D eigenvalue weighted by molar-refractivity contribution is 5.56. The van der Waals surface area contributed by atoms with Gasteiger partial charge in [-0.2, -0.15) is 0 Å². The molecule has 23 heavy (non-hydrogen) atoms. The second-order valence-corrected chi connectivity index (χ2v) is 8.85. The van der Waals surface area contributed by atoms with Crippen LogP contribution in [0.2, 0.25) is 0 Å². The molecule has 2 nitrogen and oxygen atoms in total. The molecule has 1 N–H and O–H groups in total. The van der Waals surface area contributed by atoms with Crippen molar-refractivity contribution in [2.45, 2.75) is 54.4 Å². The maximum atomic E-state index is 4.53. The van der Waals surface area contributed by atoms with E-state index in [2.05, 4.69) is 88.2 Å². The van der Waals surface area contributed by atoms with Crippen LogP contribution in [0.5, 0.6) is 0 Å². The van der Waals surface area contributed by atoms with E-state index in [1.54, 1.807) is 0 Å². The summed E-state index contributed by atoms with van der Waals surface area (Å²) in [6, 6.07) is 12.9. The van der Waals surface area contributed by atoms with Crippen molar-refractivity contribution in [3.8, 4) is 0 Å². The predicted molar refractivity (Wildman–Crippen MR) is 100 cm³/mol. The van der Waals surface area contributed by atoms with E-state index in [0.717, 1.165) is 24.3 Å². The van der Waals surface area contributed by atoms with Gasteiger partial charge >= 0.3 is 0 Å². The zero-order valence-electron chi connectivity index (χ0n) is 15.4. The SMILES string of the molecule is CC(C)(C)Cc1ccc(Nc2ccc(CC(C)(C)C)cn2)cc1.